The first-order valence-corrected chi connectivity index (χ1v) is 7.25. The third-order valence-corrected chi connectivity index (χ3v) is 3.70. The minimum atomic E-state index is -0.855. The first kappa shape index (κ1) is 14.8. The number of imidazole rings is 1. The van der Waals surface area contributed by atoms with Crippen molar-refractivity contribution in [2.45, 2.75) is 18.6 Å². The number of rotatable bonds is 7. The molecule has 20 heavy (non-hydrogen) atoms. The second-order valence-corrected chi connectivity index (χ2v) is 5.54. The maximum Gasteiger partial charge on any atom is 0.313 e. The molecular formula is C13H17N3O3S. The number of fused-ring (bicyclic) bond motifs is 1. The molecule has 1 atom stereocenters. The van der Waals surface area contributed by atoms with Crippen molar-refractivity contribution >= 4 is 28.9 Å². The van der Waals surface area contributed by atoms with Gasteiger partial charge in [-0.2, -0.15) is 0 Å². The number of nitrogens with zero attached hydrogens (tertiary/aromatic N) is 3. The van der Waals surface area contributed by atoms with Gasteiger partial charge in [0, 0.05) is 19.9 Å². The van der Waals surface area contributed by atoms with Crippen LogP contribution in [0.1, 0.15) is 6.92 Å². The fourth-order valence-electron chi connectivity index (χ4n) is 1.99. The molecular weight excluding hydrogens is 278 g/mol. The summed E-state index contributed by atoms with van der Waals surface area (Å²) in [5, 5.41) is 9.50. The molecule has 0 amide bonds. The van der Waals surface area contributed by atoms with E-state index in [0.717, 1.165) is 11.2 Å². The van der Waals surface area contributed by atoms with E-state index >= 15 is 0 Å². The Morgan fingerprint density at radius 2 is 2.40 bits per heavy atom. The number of thioether (sulfide) groups is 1. The zero-order valence-electron chi connectivity index (χ0n) is 11.4. The molecule has 2 rings (SSSR count). The number of hydrogen-bond donors (Lipinski definition) is 1. The van der Waals surface area contributed by atoms with Crippen LogP contribution in [0.3, 0.4) is 0 Å². The maximum atomic E-state index is 10.7. The van der Waals surface area contributed by atoms with Gasteiger partial charge in [0.15, 0.2) is 10.8 Å². The fraction of sp³-hybridized carbons (Fsp3) is 0.462. The highest BCUT2D eigenvalue weighted by atomic mass is 32.2. The van der Waals surface area contributed by atoms with Crippen LogP contribution in [0.4, 0.5) is 0 Å². The van der Waals surface area contributed by atoms with E-state index in [1.165, 1.54) is 11.8 Å². The van der Waals surface area contributed by atoms with Crippen LogP contribution in [0.25, 0.3) is 11.2 Å². The SMILES string of the molecule is COCC(C)Cn1c(SCC(=O)O)nc2cccnc21. The highest BCUT2D eigenvalue weighted by Crippen LogP contribution is 2.23. The van der Waals surface area contributed by atoms with Gasteiger partial charge in [-0.3, -0.25) is 4.79 Å². The predicted molar refractivity (Wildman–Crippen MR) is 76.9 cm³/mol. The lowest BCUT2D eigenvalue weighted by molar-refractivity contribution is -0.133. The molecule has 0 saturated heterocycles. The van der Waals surface area contributed by atoms with Crippen LogP contribution >= 0.6 is 11.8 Å². The van der Waals surface area contributed by atoms with Gasteiger partial charge in [0.25, 0.3) is 0 Å². The van der Waals surface area contributed by atoms with Crippen LogP contribution < -0.4 is 0 Å². The first-order chi connectivity index (χ1) is 9.61. The lowest BCUT2D eigenvalue weighted by Crippen LogP contribution is -2.14. The van der Waals surface area contributed by atoms with Gasteiger partial charge < -0.3 is 14.4 Å². The minimum Gasteiger partial charge on any atom is -0.481 e. The van der Waals surface area contributed by atoms with E-state index in [9.17, 15) is 4.79 Å². The van der Waals surface area contributed by atoms with E-state index in [0.29, 0.717) is 24.2 Å². The number of carbonyl (C=O) groups is 1. The summed E-state index contributed by atoms with van der Waals surface area (Å²) in [5.41, 5.74) is 1.56. The summed E-state index contributed by atoms with van der Waals surface area (Å²) in [6.45, 7) is 3.41. The summed E-state index contributed by atoms with van der Waals surface area (Å²) in [7, 11) is 1.67. The van der Waals surface area contributed by atoms with Crippen molar-refractivity contribution in [1.29, 1.82) is 0 Å². The molecule has 0 fully saturated rings. The number of carboxylic acids is 1. The maximum absolute atomic E-state index is 10.7. The lowest BCUT2D eigenvalue weighted by atomic mass is 10.2. The number of aromatic nitrogens is 3. The number of carboxylic acid groups (broad SMARTS) is 1. The summed E-state index contributed by atoms with van der Waals surface area (Å²) in [4.78, 5) is 19.5. The Balaban J connectivity index is 2.31. The molecule has 1 N–H and O–H groups in total. The summed E-state index contributed by atoms with van der Waals surface area (Å²) in [5.74, 6) is -0.572. The molecule has 7 heteroatoms. The van der Waals surface area contributed by atoms with Crippen molar-refractivity contribution < 1.29 is 14.6 Å². The molecule has 108 valence electrons. The van der Waals surface area contributed by atoms with Crippen LogP contribution in [-0.2, 0) is 16.1 Å². The van der Waals surface area contributed by atoms with Gasteiger partial charge in [-0.1, -0.05) is 18.7 Å². The van der Waals surface area contributed by atoms with Gasteiger partial charge in [-0.05, 0) is 18.1 Å². The smallest absolute Gasteiger partial charge is 0.313 e. The normalized spacial score (nSPS) is 12.7. The predicted octanol–water partition coefficient (Wildman–Crippen LogP) is 1.89. The van der Waals surface area contributed by atoms with Crippen molar-refractivity contribution in [1.82, 2.24) is 14.5 Å². The minimum absolute atomic E-state index is 0.0119. The van der Waals surface area contributed by atoms with Crippen molar-refractivity contribution in [2.24, 2.45) is 5.92 Å². The van der Waals surface area contributed by atoms with Gasteiger partial charge in [-0.25, -0.2) is 9.97 Å². The van der Waals surface area contributed by atoms with Gasteiger partial charge in [0.2, 0.25) is 0 Å². The summed E-state index contributed by atoms with van der Waals surface area (Å²) in [6.07, 6.45) is 1.72. The lowest BCUT2D eigenvalue weighted by Gasteiger charge is -2.13. The van der Waals surface area contributed by atoms with Crippen LogP contribution in [0.15, 0.2) is 23.5 Å². The molecule has 0 aliphatic rings. The van der Waals surface area contributed by atoms with E-state index < -0.39 is 5.97 Å². The van der Waals surface area contributed by atoms with Crippen LogP contribution in [-0.4, -0.2) is 45.1 Å². The van der Waals surface area contributed by atoms with Crippen LogP contribution in [0.5, 0.6) is 0 Å². The van der Waals surface area contributed by atoms with Crippen molar-refractivity contribution in [2.75, 3.05) is 19.5 Å². The number of ether oxygens (including phenoxy) is 1. The highest BCUT2D eigenvalue weighted by Gasteiger charge is 2.15. The van der Waals surface area contributed by atoms with E-state index in [4.69, 9.17) is 9.84 Å². The fourth-order valence-corrected chi connectivity index (χ4v) is 2.72. The molecule has 2 aromatic rings. The molecule has 1 unspecified atom stereocenters. The molecule has 2 heterocycles. The van der Waals surface area contributed by atoms with Gasteiger partial charge in [0.1, 0.15) is 5.52 Å². The zero-order chi connectivity index (χ0) is 14.5. The summed E-state index contributed by atoms with van der Waals surface area (Å²) >= 11 is 1.21. The van der Waals surface area contributed by atoms with Crippen molar-refractivity contribution in [3.8, 4) is 0 Å². The largest absolute Gasteiger partial charge is 0.481 e. The summed E-state index contributed by atoms with van der Waals surface area (Å²) in [6, 6.07) is 3.70. The third kappa shape index (κ3) is 3.49. The van der Waals surface area contributed by atoms with Gasteiger partial charge in [0.05, 0.1) is 12.4 Å². The van der Waals surface area contributed by atoms with Crippen molar-refractivity contribution in [3.63, 3.8) is 0 Å². The van der Waals surface area contributed by atoms with E-state index in [1.807, 2.05) is 16.7 Å². The Labute approximate surface area is 121 Å². The topological polar surface area (TPSA) is 77.2 Å². The Morgan fingerprint density at radius 1 is 1.60 bits per heavy atom. The molecule has 0 bridgehead atoms. The van der Waals surface area contributed by atoms with Crippen molar-refractivity contribution in [3.05, 3.63) is 18.3 Å². The standard InChI is InChI=1S/C13H17N3O3S/c1-9(7-19-2)6-16-12-10(4-3-5-14-12)15-13(16)20-8-11(17)18/h3-5,9H,6-8H2,1-2H3,(H,17,18). The van der Waals surface area contributed by atoms with Gasteiger partial charge >= 0.3 is 5.97 Å². The van der Waals surface area contributed by atoms with Crippen LogP contribution in [0.2, 0.25) is 0 Å². The highest BCUT2D eigenvalue weighted by molar-refractivity contribution is 7.99. The zero-order valence-corrected chi connectivity index (χ0v) is 12.3. The first-order valence-electron chi connectivity index (χ1n) is 6.26. The molecule has 0 aliphatic carbocycles. The molecule has 6 nitrogen and oxygen atoms in total. The molecule has 0 spiro atoms. The van der Waals surface area contributed by atoms with E-state index in [2.05, 4.69) is 16.9 Å². The molecule has 0 radical (unpaired) electrons. The Bertz CT molecular complexity index is 600. The second-order valence-electron chi connectivity index (χ2n) is 4.59. The quantitative estimate of drug-likeness (QED) is 0.786. The van der Waals surface area contributed by atoms with E-state index in [-0.39, 0.29) is 5.75 Å². The second kappa shape index (κ2) is 6.71. The van der Waals surface area contributed by atoms with E-state index in [1.54, 1.807) is 13.3 Å². The molecule has 2 aromatic heterocycles. The number of methoxy groups -OCH3 is 1. The van der Waals surface area contributed by atoms with Gasteiger partial charge in [-0.15, -0.1) is 0 Å². The van der Waals surface area contributed by atoms with Crippen LogP contribution in [0, 0.1) is 5.92 Å². The number of pyridine rings is 1. The molecule has 0 aliphatic heterocycles. The average Bonchev–Trinajstić information content (AvgIpc) is 2.75. The number of hydrogen-bond acceptors (Lipinski definition) is 5. The Morgan fingerprint density at radius 3 is 3.10 bits per heavy atom. The summed E-state index contributed by atoms with van der Waals surface area (Å²) < 4.78 is 7.11. The number of aliphatic carboxylic acids is 1. The molecule has 0 saturated carbocycles. The average molecular weight is 295 g/mol. The molecule has 0 aromatic carbocycles. The Hall–Kier alpha value is -1.60. The monoisotopic (exact) mass is 295 g/mol. The Kier molecular flexibility index (Phi) is 4.97. The third-order valence-electron chi connectivity index (χ3n) is 2.74.